The number of ether oxygens (including phenoxy) is 4. The Morgan fingerprint density at radius 3 is 2.21 bits per heavy atom. The molecule has 0 unspecified atom stereocenters. The number of aromatic nitrogens is 5. The van der Waals surface area contributed by atoms with Gasteiger partial charge in [-0.05, 0) is 42.5 Å². The predicted octanol–water partition coefficient (Wildman–Crippen LogP) is 4.07. The fraction of sp³-hybridized carbons (Fsp3) is 0.167. The minimum atomic E-state index is 0.440. The van der Waals surface area contributed by atoms with Crippen LogP contribution in [-0.2, 0) is 0 Å². The van der Waals surface area contributed by atoms with Crippen molar-refractivity contribution < 1.29 is 18.9 Å². The van der Waals surface area contributed by atoms with E-state index in [-0.39, 0.29) is 0 Å². The molecule has 33 heavy (non-hydrogen) atoms. The number of nitrogens with zero attached hydrogens (tertiary/aromatic N) is 5. The average molecular weight is 443 g/mol. The number of benzene rings is 3. The summed E-state index contributed by atoms with van der Waals surface area (Å²) < 4.78 is 23.8. The van der Waals surface area contributed by atoms with Gasteiger partial charge in [-0.25, -0.2) is 9.97 Å². The lowest BCUT2D eigenvalue weighted by Crippen LogP contribution is -2.06. The Bertz CT molecular complexity index is 1460. The zero-order valence-electron chi connectivity index (χ0n) is 18.6. The molecule has 0 amide bonds. The van der Waals surface area contributed by atoms with Gasteiger partial charge in [0.2, 0.25) is 5.75 Å². The van der Waals surface area contributed by atoms with Gasteiger partial charge in [-0.2, -0.15) is 4.68 Å². The lowest BCUT2D eigenvalue weighted by atomic mass is 10.1. The molecule has 0 aliphatic carbocycles. The Morgan fingerprint density at radius 1 is 0.758 bits per heavy atom. The van der Waals surface area contributed by atoms with E-state index in [9.17, 15) is 0 Å². The average Bonchev–Trinajstić information content (AvgIpc) is 3.30. The monoisotopic (exact) mass is 443 g/mol. The smallest absolute Gasteiger partial charge is 0.205 e. The lowest BCUT2D eigenvalue weighted by molar-refractivity contribution is 0.327. The molecule has 3 aromatic carbocycles. The zero-order chi connectivity index (χ0) is 22.9. The van der Waals surface area contributed by atoms with Crippen LogP contribution in [-0.4, -0.2) is 53.4 Å². The summed E-state index contributed by atoms with van der Waals surface area (Å²) in [6.45, 7) is 0. The molecule has 0 bridgehead atoms. The molecular formula is C24H21N5O4. The SMILES string of the molecule is COc1ccc(-c2nc(-n3nnc4ccccc43)c3cc(OC)c(OC)c(OC)c3n2)cc1. The van der Waals surface area contributed by atoms with Crippen LogP contribution in [0.5, 0.6) is 23.0 Å². The fourth-order valence-electron chi connectivity index (χ4n) is 3.77. The second-order valence-electron chi connectivity index (χ2n) is 7.13. The predicted molar refractivity (Wildman–Crippen MR) is 124 cm³/mol. The quantitative estimate of drug-likeness (QED) is 0.388. The van der Waals surface area contributed by atoms with Gasteiger partial charge in [-0.1, -0.05) is 17.3 Å². The van der Waals surface area contributed by atoms with Crippen molar-refractivity contribution in [2.75, 3.05) is 28.4 Å². The van der Waals surface area contributed by atoms with Gasteiger partial charge < -0.3 is 18.9 Å². The van der Waals surface area contributed by atoms with E-state index in [2.05, 4.69) is 10.3 Å². The highest BCUT2D eigenvalue weighted by Crippen LogP contribution is 2.44. The molecule has 0 aliphatic heterocycles. The van der Waals surface area contributed by atoms with Crippen molar-refractivity contribution >= 4 is 21.9 Å². The van der Waals surface area contributed by atoms with Crippen molar-refractivity contribution in [2.24, 2.45) is 0 Å². The molecule has 2 heterocycles. The molecular weight excluding hydrogens is 422 g/mol. The van der Waals surface area contributed by atoms with Crippen LogP contribution in [0.25, 0.3) is 39.1 Å². The Labute approximate surface area is 189 Å². The maximum absolute atomic E-state index is 5.72. The number of para-hydroxylation sites is 1. The highest BCUT2D eigenvalue weighted by Gasteiger charge is 2.23. The second-order valence-corrected chi connectivity index (χ2v) is 7.13. The van der Waals surface area contributed by atoms with Crippen molar-refractivity contribution in [1.29, 1.82) is 0 Å². The van der Waals surface area contributed by atoms with Crippen LogP contribution in [0.1, 0.15) is 0 Å². The number of hydrogen-bond donors (Lipinski definition) is 0. The van der Waals surface area contributed by atoms with Crippen molar-refractivity contribution in [3.05, 3.63) is 54.6 Å². The molecule has 0 fully saturated rings. The van der Waals surface area contributed by atoms with E-state index >= 15 is 0 Å². The van der Waals surface area contributed by atoms with E-state index in [1.165, 1.54) is 0 Å². The number of hydrogen-bond acceptors (Lipinski definition) is 8. The van der Waals surface area contributed by atoms with E-state index in [1.807, 2.05) is 54.6 Å². The van der Waals surface area contributed by atoms with E-state index in [1.54, 1.807) is 33.1 Å². The first kappa shape index (κ1) is 20.5. The van der Waals surface area contributed by atoms with Gasteiger partial charge in [0.1, 0.15) is 16.8 Å². The molecule has 0 N–H and O–H groups in total. The molecule has 0 atom stereocenters. The lowest BCUT2D eigenvalue weighted by Gasteiger charge is -2.16. The van der Waals surface area contributed by atoms with E-state index in [0.717, 1.165) is 22.3 Å². The Kier molecular flexibility index (Phi) is 5.14. The molecule has 0 aliphatic rings. The Morgan fingerprint density at radius 2 is 1.52 bits per heavy atom. The van der Waals surface area contributed by atoms with Gasteiger partial charge in [0.05, 0.1) is 39.3 Å². The largest absolute Gasteiger partial charge is 0.497 e. The molecule has 0 radical (unpaired) electrons. The summed E-state index contributed by atoms with van der Waals surface area (Å²) in [6.07, 6.45) is 0. The highest BCUT2D eigenvalue weighted by molar-refractivity contribution is 5.96. The number of methoxy groups -OCH3 is 4. The van der Waals surface area contributed by atoms with Crippen LogP contribution < -0.4 is 18.9 Å². The zero-order valence-corrected chi connectivity index (χ0v) is 18.6. The number of rotatable bonds is 6. The summed E-state index contributed by atoms with van der Waals surface area (Å²) in [5.74, 6) is 3.15. The van der Waals surface area contributed by atoms with Crippen molar-refractivity contribution in [2.45, 2.75) is 0 Å². The fourth-order valence-corrected chi connectivity index (χ4v) is 3.77. The first-order chi connectivity index (χ1) is 16.2. The van der Waals surface area contributed by atoms with Crippen LogP contribution in [0.3, 0.4) is 0 Å². The van der Waals surface area contributed by atoms with Crippen LogP contribution >= 0.6 is 0 Å². The third-order valence-electron chi connectivity index (χ3n) is 5.37. The Balaban J connectivity index is 1.88. The van der Waals surface area contributed by atoms with E-state index in [4.69, 9.17) is 28.9 Å². The summed E-state index contributed by atoms with van der Waals surface area (Å²) in [4.78, 5) is 9.71. The van der Waals surface area contributed by atoms with Gasteiger partial charge in [-0.15, -0.1) is 5.10 Å². The summed E-state index contributed by atoms with van der Waals surface area (Å²) in [5.41, 5.74) is 2.93. The molecule has 9 nitrogen and oxygen atoms in total. The molecule has 2 aromatic heterocycles. The first-order valence-electron chi connectivity index (χ1n) is 10.1. The maximum Gasteiger partial charge on any atom is 0.205 e. The molecule has 0 saturated carbocycles. The van der Waals surface area contributed by atoms with Crippen LogP contribution in [0, 0.1) is 0 Å². The standard InChI is InChI=1S/C24H21N5O4/c1-30-15-11-9-14(10-12-15)23-25-20-16(13-19(31-2)21(32-3)22(20)33-4)24(26-23)29-18-8-6-5-7-17(18)27-28-29/h5-13H,1-4H3. The summed E-state index contributed by atoms with van der Waals surface area (Å²) >= 11 is 0. The van der Waals surface area contributed by atoms with E-state index < -0.39 is 0 Å². The Hall–Kier alpha value is -4.40. The van der Waals surface area contributed by atoms with Crippen LogP contribution in [0.4, 0.5) is 0 Å². The molecule has 166 valence electrons. The van der Waals surface area contributed by atoms with Gasteiger partial charge in [0.25, 0.3) is 0 Å². The van der Waals surface area contributed by atoms with Gasteiger partial charge in [0.15, 0.2) is 23.1 Å². The molecule has 0 spiro atoms. The molecule has 5 aromatic rings. The topological polar surface area (TPSA) is 93.4 Å². The third-order valence-corrected chi connectivity index (χ3v) is 5.37. The summed E-state index contributed by atoms with van der Waals surface area (Å²) in [5, 5.41) is 9.35. The van der Waals surface area contributed by atoms with Crippen LogP contribution in [0.15, 0.2) is 54.6 Å². The minimum Gasteiger partial charge on any atom is -0.497 e. The minimum absolute atomic E-state index is 0.440. The maximum atomic E-state index is 5.72. The summed E-state index contributed by atoms with van der Waals surface area (Å²) in [6, 6.07) is 17.0. The van der Waals surface area contributed by atoms with Crippen molar-refractivity contribution in [1.82, 2.24) is 25.0 Å². The van der Waals surface area contributed by atoms with Gasteiger partial charge in [0, 0.05) is 5.56 Å². The van der Waals surface area contributed by atoms with Gasteiger partial charge in [-0.3, -0.25) is 0 Å². The highest BCUT2D eigenvalue weighted by atomic mass is 16.5. The van der Waals surface area contributed by atoms with Crippen LogP contribution in [0.2, 0.25) is 0 Å². The van der Waals surface area contributed by atoms with Crippen molar-refractivity contribution in [3.8, 4) is 40.2 Å². The molecule has 0 saturated heterocycles. The normalized spacial score (nSPS) is 11.0. The van der Waals surface area contributed by atoms with E-state index in [0.29, 0.717) is 39.8 Å². The number of fused-ring (bicyclic) bond motifs is 2. The molecule has 9 heteroatoms. The summed E-state index contributed by atoms with van der Waals surface area (Å²) in [7, 11) is 6.32. The third kappa shape index (κ3) is 3.34. The molecule has 5 rings (SSSR count). The second kappa shape index (κ2) is 8.27. The van der Waals surface area contributed by atoms with Gasteiger partial charge >= 0.3 is 0 Å². The first-order valence-corrected chi connectivity index (χ1v) is 10.1. The van der Waals surface area contributed by atoms with Crippen molar-refractivity contribution in [3.63, 3.8) is 0 Å².